The Morgan fingerprint density at radius 3 is 1.78 bits per heavy atom. The fourth-order valence-corrected chi connectivity index (χ4v) is 1.25. The Hall–Kier alpha value is -1.43. The zero-order valence-corrected chi connectivity index (χ0v) is 9.83. The van der Waals surface area contributed by atoms with Gasteiger partial charge >= 0.3 is 0 Å². The van der Waals surface area contributed by atoms with E-state index in [2.05, 4.69) is 5.32 Å². The zero-order valence-electron chi connectivity index (χ0n) is 9.83. The van der Waals surface area contributed by atoms with Crippen molar-refractivity contribution in [1.29, 1.82) is 0 Å². The summed E-state index contributed by atoms with van der Waals surface area (Å²) in [6, 6.07) is 0.144. The van der Waals surface area contributed by atoms with Crippen molar-refractivity contribution >= 4 is 6.08 Å². The second kappa shape index (κ2) is 5.95. The number of rotatable bonds is 4. The van der Waals surface area contributed by atoms with Crippen LogP contribution in [-0.4, -0.2) is 12.6 Å². The monoisotopic (exact) mass is 265 g/mol. The first-order valence-corrected chi connectivity index (χ1v) is 5.27. The maximum atomic E-state index is 13.2. The molecule has 0 aliphatic heterocycles. The van der Waals surface area contributed by atoms with Crippen molar-refractivity contribution in [2.24, 2.45) is 0 Å². The molecule has 0 heterocycles. The minimum Gasteiger partial charge on any atom is -0.311 e. The van der Waals surface area contributed by atoms with Crippen LogP contribution in [0.25, 0.3) is 6.08 Å². The largest absolute Gasteiger partial charge is 0.311 e. The van der Waals surface area contributed by atoms with Crippen molar-refractivity contribution in [2.45, 2.75) is 19.9 Å². The van der Waals surface area contributed by atoms with Crippen molar-refractivity contribution in [3.05, 3.63) is 40.7 Å². The van der Waals surface area contributed by atoms with E-state index < -0.39 is 34.6 Å². The van der Waals surface area contributed by atoms with Crippen molar-refractivity contribution < 1.29 is 22.0 Å². The van der Waals surface area contributed by atoms with Crippen LogP contribution in [0.4, 0.5) is 22.0 Å². The molecule has 0 saturated carbocycles. The second-order valence-electron chi connectivity index (χ2n) is 3.95. The van der Waals surface area contributed by atoms with Crippen LogP contribution >= 0.6 is 0 Å². The standard InChI is InChI=1S/C12H12F5N/c1-6(2)18-5-3-4-7-8(13)10(15)12(17)11(16)9(7)14/h3-4,6,18H,5H2,1-2H3. The third kappa shape index (κ3) is 3.07. The number of hydrogen-bond acceptors (Lipinski definition) is 1. The predicted molar refractivity (Wildman–Crippen MR) is 58.4 cm³/mol. The summed E-state index contributed by atoms with van der Waals surface area (Å²) in [5.74, 6) is -9.68. The molecule has 0 fully saturated rings. The Morgan fingerprint density at radius 1 is 0.889 bits per heavy atom. The average molecular weight is 265 g/mol. The van der Waals surface area contributed by atoms with Gasteiger partial charge in [0, 0.05) is 12.6 Å². The van der Waals surface area contributed by atoms with Crippen LogP contribution in [0.1, 0.15) is 19.4 Å². The Balaban J connectivity index is 3.03. The summed E-state index contributed by atoms with van der Waals surface area (Å²) in [6.07, 6.45) is 2.16. The second-order valence-corrected chi connectivity index (χ2v) is 3.95. The molecule has 0 bridgehead atoms. The van der Waals surface area contributed by atoms with Gasteiger partial charge in [0.15, 0.2) is 23.3 Å². The van der Waals surface area contributed by atoms with E-state index in [1.54, 1.807) is 0 Å². The molecule has 0 saturated heterocycles. The first-order chi connectivity index (χ1) is 8.36. The lowest BCUT2D eigenvalue weighted by Gasteiger charge is -2.05. The third-order valence-corrected chi connectivity index (χ3v) is 2.17. The summed E-state index contributed by atoms with van der Waals surface area (Å²) < 4.78 is 64.8. The molecule has 0 radical (unpaired) electrons. The summed E-state index contributed by atoms with van der Waals surface area (Å²) in [7, 11) is 0. The summed E-state index contributed by atoms with van der Waals surface area (Å²) in [4.78, 5) is 0. The number of nitrogens with one attached hydrogen (secondary N) is 1. The van der Waals surface area contributed by atoms with Gasteiger partial charge in [0.25, 0.3) is 0 Å². The lowest BCUT2D eigenvalue weighted by Crippen LogP contribution is -2.22. The average Bonchev–Trinajstić information content (AvgIpc) is 2.32. The summed E-state index contributed by atoms with van der Waals surface area (Å²) in [5.41, 5.74) is -0.933. The minimum absolute atomic E-state index is 0.144. The molecular weight excluding hydrogens is 253 g/mol. The van der Waals surface area contributed by atoms with Gasteiger partial charge in [-0.15, -0.1) is 0 Å². The van der Waals surface area contributed by atoms with Crippen molar-refractivity contribution in [2.75, 3.05) is 6.54 Å². The molecule has 100 valence electrons. The molecule has 0 atom stereocenters. The maximum absolute atomic E-state index is 13.2. The number of halogens is 5. The predicted octanol–water partition coefficient (Wildman–Crippen LogP) is 3.39. The molecule has 1 nitrogen and oxygen atoms in total. The third-order valence-electron chi connectivity index (χ3n) is 2.17. The Morgan fingerprint density at radius 2 is 1.33 bits per heavy atom. The van der Waals surface area contributed by atoms with Gasteiger partial charge in [-0.3, -0.25) is 0 Å². The van der Waals surface area contributed by atoms with E-state index in [1.165, 1.54) is 6.08 Å². The highest BCUT2D eigenvalue weighted by Crippen LogP contribution is 2.23. The van der Waals surface area contributed by atoms with Gasteiger partial charge in [0.05, 0.1) is 5.56 Å². The molecule has 1 aromatic rings. The normalized spacial score (nSPS) is 11.8. The van der Waals surface area contributed by atoms with E-state index in [-0.39, 0.29) is 12.6 Å². The Kier molecular flexibility index (Phi) is 4.84. The number of hydrogen-bond donors (Lipinski definition) is 1. The van der Waals surface area contributed by atoms with Crippen LogP contribution in [0, 0.1) is 29.1 Å². The van der Waals surface area contributed by atoms with Crippen molar-refractivity contribution in [1.82, 2.24) is 5.32 Å². The molecular formula is C12H12F5N. The highest BCUT2D eigenvalue weighted by Gasteiger charge is 2.23. The SMILES string of the molecule is CC(C)NCC=Cc1c(F)c(F)c(F)c(F)c1F. The fraction of sp³-hybridized carbons (Fsp3) is 0.333. The topological polar surface area (TPSA) is 12.0 Å². The fourth-order valence-electron chi connectivity index (χ4n) is 1.25. The molecule has 1 rings (SSSR count). The lowest BCUT2D eigenvalue weighted by molar-refractivity contribution is 0.377. The van der Waals surface area contributed by atoms with Crippen LogP contribution in [0.15, 0.2) is 6.08 Å². The van der Waals surface area contributed by atoms with E-state index in [4.69, 9.17) is 0 Å². The van der Waals surface area contributed by atoms with E-state index in [9.17, 15) is 22.0 Å². The highest BCUT2D eigenvalue weighted by atomic mass is 19.2. The Labute approximate surface area is 101 Å². The van der Waals surface area contributed by atoms with Gasteiger partial charge in [-0.2, -0.15) is 0 Å². The molecule has 18 heavy (non-hydrogen) atoms. The molecule has 1 aromatic carbocycles. The van der Waals surface area contributed by atoms with Gasteiger partial charge in [0.1, 0.15) is 0 Å². The van der Waals surface area contributed by atoms with E-state index in [1.807, 2.05) is 13.8 Å². The first kappa shape index (κ1) is 14.6. The molecule has 1 N–H and O–H groups in total. The van der Waals surface area contributed by atoms with Gasteiger partial charge in [0.2, 0.25) is 5.82 Å². The first-order valence-electron chi connectivity index (χ1n) is 5.27. The Bertz CT molecular complexity index is 439. The van der Waals surface area contributed by atoms with Crippen LogP contribution < -0.4 is 5.32 Å². The number of benzene rings is 1. The molecule has 0 aliphatic rings. The quantitative estimate of drug-likeness (QED) is 0.500. The highest BCUT2D eigenvalue weighted by molar-refractivity contribution is 5.51. The summed E-state index contributed by atoms with van der Waals surface area (Å²) in [5, 5.41) is 2.90. The molecule has 6 heteroatoms. The maximum Gasteiger partial charge on any atom is 0.200 e. The van der Waals surface area contributed by atoms with E-state index >= 15 is 0 Å². The van der Waals surface area contributed by atoms with Gasteiger partial charge in [-0.05, 0) is 0 Å². The van der Waals surface area contributed by atoms with E-state index in [0.717, 1.165) is 6.08 Å². The molecule has 0 unspecified atom stereocenters. The van der Waals surface area contributed by atoms with Crippen molar-refractivity contribution in [3.63, 3.8) is 0 Å². The summed E-state index contributed by atoms with van der Waals surface area (Å²) >= 11 is 0. The van der Waals surface area contributed by atoms with Crippen LogP contribution in [0.5, 0.6) is 0 Å². The minimum atomic E-state index is -2.15. The van der Waals surface area contributed by atoms with Crippen molar-refractivity contribution in [3.8, 4) is 0 Å². The van der Waals surface area contributed by atoms with Crippen LogP contribution in [0.3, 0.4) is 0 Å². The molecule has 0 spiro atoms. The molecule has 0 amide bonds. The lowest BCUT2D eigenvalue weighted by atomic mass is 10.1. The van der Waals surface area contributed by atoms with Crippen LogP contribution in [0.2, 0.25) is 0 Å². The summed E-state index contributed by atoms with van der Waals surface area (Å²) in [6.45, 7) is 3.97. The smallest absolute Gasteiger partial charge is 0.200 e. The van der Waals surface area contributed by atoms with Gasteiger partial charge in [-0.25, -0.2) is 22.0 Å². The molecule has 0 aromatic heterocycles. The van der Waals surface area contributed by atoms with Crippen LogP contribution in [-0.2, 0) is 0 Å². The van der Waals surface area contributed by atoms with E-state index in [0.29, 0.717) is 0 Å². The molecule has 0 aliphatic carbocycles. The van der Waals surface area contributed by atoms with Gasteiger partial charge < -0.3 is 5.32 Å². The van der Waals surface area contributed by atoms with Gasteiger partial charge in [-0.1, -0.05) is 26.0 Å². The zero-order chi connectivity index (χ0) is 13.9.